The van der Waals surface area contributed by atoms with Crippen LogP contribution in [0.15, 0.2) is 36.2 Å². The van der Waals surface area contributed by atoms with Gasteiger partial charge < -0.3 is 9.88 Å². The lowest BCUT2D eigenvalue weighted by atomic mass is 9.99. The van der Waals surface area contributed by atoms with E-state index < -0.39 is 0 Å². The second kappa shape index (κ2) is 10.8. The van der Waals surface area contributed by atoms with Crippen LogP contribution in [0.2, 0.25) is 0 Å². The molecule has 0 spiro atoms. The standard InChI is InChI=1S/C21H29N5O.C2H6/c1-15(10-11-18-8-6-5-7-9-18)26(13-20-17(3)22-14-23-20)21(27)19-12-16(2)25(4)24-19;1-2/h6,8-9,12,14-15H,5,7,10-11,13H2,1-4H3,(H,22,23);1-2H3. The maximum absolute atomic E-state index is 13.2. The van der Waals surface area contributed by atoms with Crippen LogP contribution in [0.25, 0.3) is 0 Å². The summed E-state index contributed by atoms with van der Waals surface area (Å²) in [5.41, 5.74) is 4.73. The number of carbonyl (C=O) groups is 1. The fraction of sp³-hybridized carbons (Fsp3) is 0.522. The first-order valence-corrected chi connectivity index (χ1v) is 10.6. The molecule has 1 unspecified atom stereocenters. The summed E-state index contributed by atoms with van der Waals surface area (Å²) in [7, 11) is 1.86. The van der Waals surface area contributed by atoms with Gasteiger partial charge in [0.1, 0.15) is 0 Å². The predicted molar refractivity (Wildman–Crippen MR) is 118 cm³/mol. The zero-order valence-electron chi connectivity index (χ0n) is 18.7. The number of nitrogens with one attached hydrogen (secondary N) is 1. The van der Waals surface area contributed by atoms with E-state index in [0.717, 1.165) is 42.8 Å². The summed E-state index contributed by atoms with van der Waals surface area (Å²) in [5.74, 6) is -0.0400. The molecule has 0 bridgehead atoms. The highest BCUT2D eigenvalue weighted by atomic mass is 16.2. The summed E-state index contributed by atoms with van der Waals surface area (Å²) >= 11 is 0. The molecule has 3 rings (SSSR count). The van der Waals surface area contributed by atoms with Gasteiger partial charge >= 0.3 is 0 Å². The summed E-state index contributed by atoms with van der Waals surface area (Å²) in [4.78, 5) is 22.6. The van der Waals surface area contributed by atoms with E-state index in [1.54, 1.807) is 11.0 Å². The van der Waals surface area contributed by atoms with Crippen molar-refractivity contribution >= 4 is 5.91 Å². The maximum Gasteiger partial charge on any atom is 0.274 e. The molecule has 6 heteroatoms. The number of hydrogen-bond donors (Lipinski definition) is 1. The van der Waals surface area contributed by atoms with E-state index in [9.17, 15) is 4.79 Å². The lowest BCUT2D eigenvalue weighted by molar-refractivity contribution is 0.0658. The van der Waals surface area contributed by atoms with Crippen molar-refractivity contribution < 1.29 is 4.79 Å². The zero-order chi connectivity index (χ0) is 21.4. The van der Waals surface area contributed by atoms with Gasteiger partial charge in [-0.3, -0.25) is 9.48 Å². The van der Waals surface area contributed by atoms with Crippen molar-refractivity contribution in [2.24, 2.45) is 7.05 Å². The maximum atomic E-state index is 13.2. The quantitative estimate of drug-likeness (QED) is 0.724. The Balaban J connectivity index is 0.00000145. The van der Waals surface area contributed by atoms with Gasteiger partial charge in [-0.1, -0.05) is 37.6 Å². The first-order valence-electron chi connectivity index (χ1n) is 10.6. The average molecular weight is 398 g/mol. The van der Waals surface area contributed by atoms with E-state index in [1.165, 1.54) is 5.57 Å². The van der Waals surface area contributed by atoms with Gasteiger partial charge in [0.2, 0.25) is 0 Å². The van der Waals surface area contributed by atoms with Crippen molar-refractivity contribution in [2.45, 2.75) is 72.9 Å². The number of allylic oxidation sites excluding steroid dienone is 4. The lowest BCUT2D eigenvalue weighted by Crippen LogP contribution is -2.38. The summed E-state index contributed by atoms with van der Waals surface area (Å²) in [6, 6.07) is 1.94. The molecule has 0 aromatic carbocycles. The Labute approximate surface area is 174 Å². The zero-order valence-corrected chi connectivity index (χ0v) is 18.7. The number of carbonyl (C=O) groups excluding carboxylic acids is 1. The number of nitrogens with zero attached hydrogens (tertiary/aromatic N) is 4. The van der Waals surface area contributed by atoms with Crippen LogP contribution in [0.5, 0.6) is 0 Å². The number of imidazole rings is 1. The summed E-state index contributed by atoms with van der Waals surface area (Å²) in [5, 5.41) is 4.39. The fourth-order valence-corrected chi connectivity index (χ4v) is 3.33. The molecular formula is C23H35N5O. The van der Waals surface area contributed by atoms with Gasteiger partial charge in [0.25, 0.3) is 5.91 Å². The highest BCUT2D eigenvalue weighted by Crippen LogP contribution is 2.21. The molecule has 0 aliphatic heterocycles. The van der Waals surface area contributed by atoms with Gasteiger partial charge in [0, 0.05) is 24.5 Å². The fourth-order valence-electron chi connectivity index (χ4n) is 3.33. The second-order valence-electron chi connectivity index (χ2n) is 7.35. The minimum Gasteiger partial charge on any atom is -0.348 e. The first kappa shape index (κ1) is 22.7. The third kappa shape index (κ3) is 5.92. The minimum atomic E-state index is -0.0400. The molecule has 2 heterocycles. The monoisotopic (exact) mass is 397 g/mol. The van der Waals surface area contributed by atoms with E-state index in [1.807, 2.05) is 45.7 Å². The summed E-state index contributed by atoms with van der Waals surface area (Å²) in [6.45, 7) is 10.5. The molecule has 0 radical (unpaired) electrons. The predicted octanol–water partition coefficient (Wildman–Crippen LogP) is 4.87. The molecule has 1 amide bonds. The largest absolute Gasteiger partial charge is 0.348 e. The Hall–Kier alpha value is -2.63. The van der Waals surface area contributed by atoms with Gasteiger partial charge in [-0.15, -0.1) is 0 Å². The van der Waals surface area contributed by atoms with Crippen LogP contribution in [-0.2, 0) is 13.6 Å². The van der Waals surface area contributed by atoms with Crippen LogP contribution in [-0.4, -0.2) is 36.6 Å². The van der Waals surface area contributed by atoms with E-state index in [2.05, 4.69) is 40.2 Å². The molecule has 1 aliphatic rings. The molecule has 29 heavy (non-hydrogen) atoms. The van der Waals surface area contributed by atoms with Crippen molar-refractivity contribution in [1.29, 1.82) is 0 Å². The molecule has 1 atom stereocenters. The van der Waals surface area contributed by atoms with Crippen LogP contribution in [0, 0.1) is 13.8 Å². The van der Waals surface area contributed by atoms with Crippen molar-refractivity contribution in [3.05, 3.63) is 59.0 Å². The molecular weight excluding hydrogens is 362 g/mol. The molecule has 6 nitrogen and oxygen atoms in total. The van der Waals surface area contributed by atoms with Gasteiger partial charge in [-0.2, -0.15) is 5.10 Å². The number of aromatic amines is 1. The van der Waals surface area contributed by atoms with Crippen LogP contribution < -0.4 is 0 Å². The number of aryl methyl sites for hydroxylation is 3. The van der Waals surface area contributed by atoms with Gasteiger partial charge in [0.05, 0.1) is 18.6 Å². The Bertz CT molecular complexity index is 839. The van der Waals surface area contributed by atoms with Crippen LogP contribution >= 0.6 is 0 Å². The van der Waals surface area contributed by atoms with Crippen molar-refractivity contribution in [2.75, 3.05) is 0 Å². The third-order valence-electron chi connectivity index (χ3n) is 5.30. The molecule has 2 aromatic rings. The number of amides is 1. The van der Waals surface area contributed by atoms with E-state index in [-0.39, 0.29) is 11.9 Å². The normalized spacial score (nSPS) is 14.1. The van der Waals surface area contributed by atoms with Crippen LogP contribution in [0.1, 0.15) is 74.0 Å². The molecule has 0 saturated heterocycles. The summed E-state index contributed by atoms with van der Waals surface area (Å²) in [6.07, 6.45) is 12.6. The van der Waals surface area contributed by atoms with Crippen LogP contribution in [0.3, 0.4) is 0 Å². The number of H-pyrrole nitrogens is 1. The number of hydrogen-bond acceptors (Lipinski definition) is 3. The molecule has 158 valence electrons. The van der Waals surface area contributed by atoms with Gasteiger partial charge in [-0.25, -0.2) is 4.98 Å². The lowest BCUT2D eigenvalue weighted by Gasteiger charge is -2.29. The number of aromatic nitrogens is 4. The van der Waals surface area contributed by atoms with Crippen molar-refractivity contribution in [3.63, 3.8) is 0 Å². The Kier molecular flexibility index (Phi) is 8.43. The Morgan fingerprint density at radius 1 is 1.31 bits per heavy atom. The smallest absolute Gasteiger partial charge is 0.274 e. The number of rotatable bonds is 7. The Morgan fingerprint density at radius 2 is 2.07 bits per heavy atom. The third-order valence-corrected chi connectivity index (χ3v) is 5.30. The molecule has 0 fully saturated rings. The minimum absolute atomic E-state index is 0.0400. The molecule has 0 saturated carbocycles. The average Bonchev–Trinajstić information content (AvgIpc) is 3.30. The SMILES string of the molecule is CC.Cc1[nH]cnc1CN(C(=O)c1cc(C)n(C)n1)C(C)CCC1=CCCC=C1. The van der Waals surface area contributed by atoms with Gasteiger partial charge in [-0.05, 0) is 52.5 Å². The van der Waals surface area contributed by atoms with Crippen LogP contribution in [0.4, 0.5) is 0 Å². The topological polar surface area (TPSA) is 66.8 Å². The highest BCUT2D eigenvalue weighted by Gasteiger charge is 2.25. The molecule has 2 aromatic heterocycles. The first-order chi connectivity index (χ1) is 14.0. The summed E-state index contributed by atoms with van der Waals surface area (Å²) < 4.78 is 1.74. The van der Waals surface area contributed by atoms with Gasteiger partial charge in [0.15, 0.2) is 5.69 Å². The van der Waals surface area contributed by atoms with E-state index in [0.29, 0.717) is 12.2 Å². The highest BCUT2D eigenvalue weighted by molar-refractivity contribution is 5.92. The second-order valence-corrected chi connectivity index (χ2v) is 7.35. The van der Waals surface area contributed by atoms with Crippen molar-refractivity contribution in [3.8, 4) is 0 Å². The molecule has 1 N–H and O–H groups in total. The van der Waals surface area contributed by atoms with E-state index >= 15 is 0 Å². The molecule has 1 aliphatic carbocycles. The van der Waals surface area contributed by atoms with E-state index in [4.69, 9.17) is 0 Å². The Morgan fingerprint density at radius 3 is 2.62 bits per heavy atom. The van der Waals surface area contributed by atoms with Crippen molar-refractivity contribution in [1.82, 2.24) is 24.6 Å².